The highest BCUT2D eigenvalue weighted by Gasteiger charge is 2.25. The van der Waals surface area contributed by atoms with Crippen molar-refractivity contribution in [1.82, 2.24) is 34.3 Å². The van der Waals surface area contributed by atoms with Gasteiger partial charge in [-0.05, 0) is 64.4 Å². The number of piperidine rings is 1. The normalized spacial score (nSPS) is 15.6. The number of nitrogens with one attached hydrogen (secondary N) is 1. The third-order valence-corrected chi connectivity index (χ3v) is 6.33. The maximum Gasteiger partial charge on any atom is 0.159 e. The van der Waals surface area contributed by atoms with Gasteiger partial charge < -0.3 is 10.2 Å². The summed E-state index contributed by atoms with van der Waals surface area (Å²) in [4.78, 5) is 11.6. The van der Waals surface area contributed by atoms with Crippen LogP contribution in [0.5, 0.6) is 0 Å². The largest absolute Gasteiger partial charge is 0.366 e. The third kappa shape index (κ3) is 4.10. The highest BCUT2D eigenvalue weighted by atomic mass is 15.4. The summed E-state index contributed by atoms with van der Waals surface area (Å²) in [5, 5.41) is 13.0. The molecule has 32 heavy (non-hydrogen) atoms. The number of rotatable bonds is 6. The molecule has 4 aromatic rings. The van der Waals surface area contributed by atoms with Crippen molar-refractivity contribution in [2.75, 3.05) is 18.4 Å². The van der Waals surface area contributed by atoms with Crippen LogP contribution in [0, 0.1) is 6.92 Å². The lowest BCUT2D eigenvalue weighted by molar-refractivity contribution is 0.170. The highest BCUT2D eigenvalue weighted by Crippen LogP contribution is 2.30. The van der Waals surface area contributed by atoms with E-state index < -0.39 is 0 Å². The van der Waals surface area contributed by atoms with Crippen LogP contribution in [0.4, 0.5) is 5.82 Å². The van der Waals surface area contributed by atoms with E-state index in [4.69, 9.17) is 5.10 Å². The number of fused-ring (bicyclic) bond motifs is 1. The Labute approximate surface area is 188 Å². The van der Waals surface area contributed by atoms with Crippen molar-refractivity contribution in [3.8, 4) is 5.82 Å². The molecule has 8 nitrogen and oxygen atoms in total. The van der Waals surface area contributed by atoms with Gasteiger partial charge in [-0.2, -0.15) is 14.9 Å². The summed E-state index contributed by atoms with van der Waals surface area (Å²) in [7, 11) is 0. The van der Waals surface area contributed by atoms with Gasteiger partial charge >= 0.3 is 0 Å². The Hall–Kier alpha value is -3.26. The van der Waals surface area contributed by atoms with E-state index in [0.29, 0.717) is 18.5 Å². The first-order chi connectivity index (χ1) is 15.6. The molecule has 166 valence electrons. The zero-order chi connectivity index (χ0) is 22.1. The topological polar surface area (TPSA) is 76.2 Å². The fourth-order valence-electron chi connectivity index (χ4n) is 4.38. The maximum atomic E-state index is 5.00. The van der Waals surface area contributed by atoms with Crippen molar-refractivity contribution in [1.29, 1.82) is 0 Å². The van der Waals surface area contributed by atoms with Crippen LogP contribution in [0.2, 0.25) is 0 Å². The molecule has 1 fully saturated rings. The first-order valence-corrected chi connectivity index (χ1v) is 11.4. The Balaban J connectivity index is 1.41. The quantitative estimate of drug-likeness (QED) is 0.501. The lowest BCUT2D eigenvalue weighted by atomic mass is 9.93. The van der Waals surface area contributed by atoms with Gasteiger partial charge in [0.15, 0.2) is 11.5 Å². The van der Waals surface area contributed by atoms with E-state index in [1.54, 1.807) is 10.7 Å². The smallest absolute Gasteiger partial charge is 0.159 e. The van der Waals surface area contributed by atoms with Crippen molar-refractivity contribution >= 4 is 11.5 Å². The van der Waals surface area contributed by atoms with Gasteiger partial charge in [0.25, 0.3) is 0 Å². The van der Waals surface area contributed by atoms with E-state index in [0.717, 1.165) is 60.0 Å². The van der Waals surface area contributed by atoms with Crippen LogP contribution in [0.15, 0.2) is 49.1 Å². The summed E-state index contributed by atoms with van der Waals surface area (Å²) in [6, 6.07) is 8.77. The summed E-state index contributed by atoms with van der Waals surface area (Å²) in [6.45, 7) is 9.45. The van der Waals surface area contributed by atoms with Gasteiger partial charge in [0.1, 0.15) is 5.82 Å². The molecule has 5 rings (SSSR count). The van der Waals surface area contributed by atoms with Crippen LogP contribution < -0.4 is 5.32 Å². The highest BCUT2D eigenvalue weighted by molar-refractivity contribution is 5.50. The maximum absolute atomic E-state index is 5.00. The molecule has 4 aromatic heterocycles. The summed E-state index contributed by atoms with van der Waals surface area (Å²) in [6.07, 6.45) is 9.72. The average molecular weight is 431 g/mol. The van der Waals surface area contributed by atoms with Crippen molar-refractivity contribution in [3.63, 3.8) is 0 Å². The summed E-state index contributed by atoms with van der Waals surface area (Å²) in [5.41, 5.74) is 4.17. The Bertz CT molecular complexity index is 1180. The van der Waals surface area contributed by atoms with Gasteiger partial charge in [-0.3, -0.25) is 0 Å². The molecule has 1 saturated heterocycles. The molecular weight excluding hydrogens is 400 g/mol. The average Bonchev–Trinajstić information content (AvgIpc) is 3.43. The van der Waals surface area contributed by atoms with Gasteiger partial charge in [-0.25, -0.2) is 14.5 Å². The van der Waals surface area contributed by atoms with Crippen molar-refractivity contribution in [3.05, 3.63) is 65.9 Å². The van der Waals surface area contributed by atoms with E-state index >= 15 is 0 Å². The number of hydrogen-bond acceptors (Lipinski definition) is 6. The summed E-state index contributed by atoms with van der Waals surface area (Å²) in [5.74, 6) is 2.23. The molecule has 0 bridgehead atoms. The predicted molar refractivity (Wildman–Crippen MR) is 125 cm³/mol. The summed E-state index contributed by atoms with van der Waals surface area (Å²) >= 11 is 0. The number of anilines is 1. The third-order valence-electron chi connectivity index (χ3n) is 6.33. The summed E-state index contributed by atoms with van der Waals surface area (Å²) < 4.78 is 3.73. The number of hydrogen-bond donors (Lipinski definition) is 1. The van der Waals surface area contributed by atoms with Gasteiger partial charge in [-0.15, -0.1) is 0 Å². The number of nitrogens with zero attached hydrogens (tertiary/aromatic N) is 7. The monoisotopic (exact) mass is 430 g/mol. The second-order valence-corrected chi connectivity index (χ2v) is 8.88. The van der Waals surface area contributed by atoms with E-state index in [1.165, 1.54) is 0 Å². The molecule has 0 amide bonds. The second-order valence-electron chi connectivity index (χ2n) is 8.88. The number of aromatic nitrogens is 6. The zero-order valence-electron chi connectivity index (χ0n) is 18.9. The molecule has 0 saturated carbocycles. The SMILES string of the molecule is Cc1ccc(-n2nc(C3CCN(C(C)C)CC3)cc2NCc2cnn3cccnc23)nc1. The fraction of sp³-hybridized carbons (Fsp3) is 0.417. The molecule has 0 aliphatic carbocycles. The molecule has 8 heteroatoms. The van der Waals surface area contributed by atoms with Gasteiger partial charge in [-0.1, -0.05) is 6.07 Å². The van der Waals surface area contributed by atoms with E-state index in [1.807, 2.05) is 42.3 Å². The minimum Gasteiger partial charge on any atom is -0.366 e. The first-order valence-electron chi connectivity index (χ1n) is 11.4. The minimum absolute atomic E-state index is 0.468. The van der Waals surface area contributed by atoms with E-state index in [2.05, 4.69) is 51.3 Å². The molecule has 1 aliphatic rings. The van der Waals surface area contributed by atoms with Crippen LogP contribution >= 0.6 is 0 Å². The van der Waals surface area contributed by atoms with Crippen LogP contribution in [-0.2, 0) is 6.54 Å². The van der Waals surface area contributed by atoms with Gasteiger partial charge in [0, 0.05) is 48.7 Å². The fourth-order valence-corrected chi connectivity index (χ4v) is 4.38. The Morgan fingerprint density at radius 3 is 2.72 bits per heavy atom. The van der Waals surface area contributed by atoms with Gasteiger partial charge in [0.2, 0.25) is 0 Å². The van der Waals surface area contributed by atoms with Crippen LogP contribution in [0.1, 0.15) is 49.4 Å². The van der Waals surface area contributed by atoms with Crippen LogP contribution in [0.3, 0.4) is 0 Å². The molecule has 5 heterocycles. The number of pyridine rings is 1. The Morgan fingerprint density at radius 2 is 1.97 bits per heavy atom. The van der Waals surface area contributed by atoms with E-state index in [-0.39, 0.29) is 0 Å². The number of aryl methyl sites for hydroxylation is 1. The zero-order valence-corrected chi connectivity index (χ0v) is 18.9. The first kappa shape index (κ1) is 20.6. The molecule has 0 aromatic carbocycles. The van der Waals surface area contributed by atoms with Crippen molar-refractivity contribution in [2.45, 2.75) is 52.1 Å². The number of likely N-dealkylation sites (tertiary alicyclic amines) is 1. The molecule has 1 aliphatic heterocycles. The predicted octanol–water partition coefficient (Wildman–Crippen LogP) is 3.82. The lowest BCUT2D eigenvalue weighted by Crippen LogP contribution is -2.37. The Morgan fingerprint density at radius 1 is 1.12 bits per heavy atom. The molecule has 1 N–H and O–H groups in total. The van der Waals surface area contributed by atoms with E-state index in [9.17, 15) is 0 Å². The molecular formula is C24H30N8. The van der Waals surface area contributed by atoms with Crippen molar-refractivity contribution < 1.29 is 0 Å². The molecule has 0 atom stereocenters. The molecule has 0 radical (unpaired) electrons. The van der Waals surface area contributed by atoms with Crippen LogP contribution in [-0.4, -0.2) is 53.4 Å². The van der Waals surface area contributed by atoms with Gasteiger partial charge in [0.05, 0.1) is 11.9 Å². The standard InChI is InChI=1S/C24H30N8/c1-17(2)30-11-7-19(8-12-30)21-13-23(32(29-21)22-6-5-18(3)14-26-22)27-15-20-16-28-31-10-4-9-25-24(20)31/h4-6,9-10,13-14,16-17,19,27H,7-8,11-12,15H2,1-3H3. The molecule has 0 spiro atoms. The van der Waals surface area contributed by atoms with Crippen molar-refractivity contribution in [2.24, 2.45) is 0 Å². The lowest BCUT2D eigenvalue weighted by Gasteiger charge is -2.33. The second kappa shape index (κ2) is 8.70. The minimum atomic E-state index is 0.468. The molecule has 0 unspecified atom stereocenters. The Kier molecular flexibility index (Phi) is 5.61. The van der Waals surface area contributed by atoms with Crippen LogP contribution in [0.25, 0.3) is 11.5 Å².